The summed E-state index contributed by atoms with van der Waals surface area (Å²) in [5, 5.41) is 0. The van der Waals surface area contributed by atoms with Crippen molar-refractivity contribution < 1.29 is 18.0 Å². The van der Waals surface area contributed by atoms with Gasteiger partial charge in [-0.25, -0.2) is 8.42 Å². The van der Waals surface area contributed by atoms with E-state index in [0.717, 1.165) is 0 Å². The van der Waals surface area contributed by atoms with E-state index in [1.54, 1.807) is 20.8 Å². The summed E-state index contributed by atoms with van der Waals surface area (Å²) in [7, 11) is -3.41. The van der Waals surface area contributed by atoms with Crippen molar-refractivity contribution >= 4 is 10.0 Å². The summed E-state index contributed by atoms with van der Waals surface area (Å²) in [4.78, 5) is 7.02. The first-order valence-corrected chi connectivity index (χ1v) is 6.57. The van der Waals surface area contributed by atoms with Crippen LogP contribution in [0.1, 0.15) is 34.6 Å². The fourth-order valence-corrected chi connectivity index (χ4v) is 1.40. The van der Waals surface area contributed by atoms with Crippen molar-refractivity contribution in [3.05, 3.63) is 0 Å². The van der Waals surface area contributed by atoms with E-state index in [-0.39, 0.29) is 18.5 Å². The molecule has 0 radical (unpaired) electrons. The Hall–Kier alpha value is -0.170. The first kappa shape index (κ1) is 14.8. The molecule has 0 saturated heterocycles. The van der Waals surface area contributed by atoms with Gasteiger partial charge in [0.25, 0.3) is 0 Å². The molecule has 0 aromatic carbocycles. The molecule has 0 heterocycles. The lowest BCUT2D eigenvalue weighted by Gasteiger charge is -2.19. The van der Waals surface area contributed by atoms with E-state index in [0.29, 0.717) is 0 Å². The lowest BCUT2D eigenvalue weighted by atomic mass is 10.2. The van der Waals surface area contributed by atoms with Crippen LogP contribution in [0.15, 0.2) is 0 Å². The first-order valence-electron chi connectivity index (χ1n) is 4.91. The van der Waals surface area contributed by atoms with Gasteiger partial charge < -0.3 is 4.74 Å². The van der Waals surface area contributed by atoms with E-state index < -0.39 is 15.6 Å². The number of nitrogens with one attached hydrogen (secondary N) is 1. The Bertz CT molecular complexity index is 266. The normalized spacial score (nSPS) is 13.5. The van der Waals surface area contributed by atoms with Crippen LogP contribution < -0.4 is 4.89 Å². The molecule has 0 aromatic rings. The van der Waals surface area contributed by atoms with E-state index in [9.17, 15) is 8.42 Å². The van der Waals surface area contributed by atoms with Gasteiger partial charge in [-0.3, -0.25) is 4.84 Å². The molecule has 0 fully saturated rings. The van der Waals surface area contributed by atoms with Gasteiger partial charge in [0.15, 0.2) is 0 Å². The van der Waals surface area contributed by atoms with Crippen LogP contribution in [0.4, 0.5) is 0 Å². The number of hydrogen-bond acceptors (Lipinski definition) is 4. The zero-order valence-electron chi connectivity index (χ0n) is 10.0. The molecule has 92 valence electrons. The molecule has 5 nitrogen and oxygen atoms in total. The number of rotatable bonds is 6. The minimum Gasteiger partial charge on any atom is -0.378 e. The van der Waals surface area contributed by atoms with Gasteiger partial charge in [-0.1, -0.05) is 4.89 Å². The lowest BCUT2D eigenvalue weighted by Crippen LogP contribution is -2.36. The average Bonchev–Trinajstić information content (AvgIpc) is 1.99. The van der Waals surface area contributed by atoms with Crippen LogP contribution in [0.2, 0.25) is 0 Å². The van der Waals surface area contributed by atoms with Crippen molar-refractivity contribution in [1.29, 1.82) is 0 Å². The summed E-state index contributed by atoms with van der Waals surface area (Å²) in [5.41, 5.74) is -0.536. The maximum absolute atomic E-state index is 11.3. The highest BCUT2D eigenvalue weighted by Crippen LogP contribution is 2.04. The molecule has 6 heteroatoms. The Morgan fingerprint density at radius 3 is 2.20 bits per heavy atom. The molecular weight excluding hydrogens is 218 g/mol. The van der Waals surface area contributed by atoms with E-state index in [1.807, 2.05) is 13.8 Å². The SMILES string of the molecule is CC(C)OCCS(=O)(=O)NOC(C)(C)C. The van der Waals surface area contributed by atoms with Crippen LogP contribution in [-0.4, -0.2) is 32.5 Å². The van der Waals surface area contributed by atoms with Gasteiger partial charge >= 0.3 is 0 Å². The second-order valence-corrected chi connectivity index (χ2v) is 6.34. The smallest absolute Gasteiger partial charge is 0.235 e. The fraction of sp³-hybridized carbons (Fsp3) is 1.00. The third kappa shape index (κ3) is 10.1. The highest BCUT2D eigenvalue weighted by Gasteiger charge is 2.17. The molecule has 0 saturated carbocycles. The van der Waals surface area contributed by atoms with E-state index in [1.165, 1.54) is 0 Å². The summed E-state index contributed by atoms with van der Waals surface area (Å²) < 4.78 is 27.8. The van der Waals surface area contributed by atoms with Crippen LogP contribution in [0.25, 0.3) is 0 Å². The van der Waals surface area contributed by atoms with Gasteiger partial charge in [0, 0.05) is 0 Å². The van der Waals surface area contributed by atoms with Crippen LogP contribution in [0.5, 0.6) is 0 Å². The predicted molar refractivity (Wildman–Crippen MR) is 58.8 cm³/mol. The highest BCUT2D eigenvalue weighted by atomic mass is 32.2. The molecule has 0 atom stereocenters. The number of sulfonamides is 1. The zero-order chi connectivity index (χ0) is 12.1. The minimum absolute atomic E-state index is 0.0312. The molecule has 0 aliphatic carbocycles. The maximum atomic E-state index is 11.3. The lowest BCUT2D eigenvalue weighted by molar-refractivity contribution is -0.0361. The molecule has 0 aromatic heterocycles. The van der Waals surface area contributed by atoms with Crippen LogP contribution in [0.3, 0.4) is 0 Å². The molecule has 0 aliphatic rings. The molecule has 0 unspecified atom stereocenters. The summed E-state index contributed by atoms with van der Waals surface area (Å²) in [6, 6.07) is 0. The van der Waals surface area contributed by atoms with Gasteiger partial charge in [-0.05, 0) is 34.6 Å². The van der Waals surface area contributed by atoms with Gasteiger partial charge in [-0.15, -0.1) is 0 Å². The summed E-state index contributed by atoms with van der Waals surface area (Å²) >= 11 is 0. The Balaban J connectivity index is 3.89. The van der Waals surface area contributed by atoms with Gasteiger partial charge in [-0.2, -0.15) is 0 Å². The van der Waals surface area contributed by atoms with Crippen molar-refractivity contribution in [3.8, 4) is 0 Å². The van der Waals surface area contributed by atoms with Crippen molar-refractivity contribution in [3.63, 3.8) is 0 Å². The largest absolute Gasteiger partial charge is 0.378 e. The van der Waals surface area contributed by atoms with Crippen molar-refractivity contribution in [1.82, 2.24) is 4.89 Å². The summed E-state index contributed by atoms with van der Waals surface area (Å²) in [5.74, 6) is -0.0960. The predicted octanol–water partition coefficient (Wildman–Crippen LogP) is 1.06. The van der Waals surface area contributed by atoms with Crippen molar-refractivity contribution in [2.45, 2.75) is 46.3 Å². The molecule has 0 aliphatic heterocycles. The third-order valence-corrected chi connectivity index (χ3v) is 2.32. The van der Waals surface area contributed by atoms with Gasteiger partial charge in [0.2, 0.25) is 10.0 Å². The topological polar surface area (TPSA) is 64.6 Å². The summed E-state index contributed by atoms with van der Waals surface area (Å²) in [6.45, 7) is 9.16. The quantitative estimate of drug-likeness (QED) is 0.704. The monoisotopic (exact) mass is 239 g/mol. The molecular formula is C9H21NO4S. The van der Waals surface area contributed by atoms with Crippen LogP contribution in [-0.2, 0) is 19.6 Å². The molecule has 1 N–H and O–H groups in total. The molecule has 0 spiro atoms. The molecule has 0 bridgehead atoms. The van der Waals surface area contributed by atoms with Crippen LogP contribution in [0, 0.1) is 0 Å². The first-order chi connectivity index (χ1) is 6.62. The molecule has 15 heavy (non-hydrogen) atoms. The maximum Gasteiger partial charge on any atom is 0.235 e. The van der Waals surface area contributed by atoms with Crippen LogP contribution >= 0.6 is 0 Å². The Kier molecular flexibility index (Phi) is 5.72. The van der Waals surface area contributed by atoms with Crippen molar-refractivity contribution in [2.75, 3.05) is 12.4 Å². The Morgan fingerprint density at radius 1 is 1.27 bits per heavy atom. The van der Waals surface area contributed by atoms with Crippen molar-refractivity contribution in [2.24, 2.45) is 0 Å². The highest BCUT2D eigenvalue weighted by molar-refractivity contribution is 7.89. The summed E-state index contributed by atoms with van der Waals surface area (Å²) in [6.07, 6.45) is 0.0312. The second-order valence-electron chi connectivity index (χ2n) is 4.54. The Labute approximate surface area is 92.2 Å². The molecule has 0 amide bonds. The van der Waals surface area contributed by atoms with Gasteiger partial charge in [0.1, 0.15) is 0 Å². The van der Waals surface area contributed by atoms with E-state index in [4.69, 9.17) is 9.57 Å². The Morgan fingerprint density at radius 2 is 1.80 bits per heavy atom. The second kappa shape index (κ2) is 5.79. The van der Waals surface area contributed by atoms with E-state index in [2.05, 4.69) is 4.89 Å². The number of ether oxygens (including phenoxy) is 1. The fourth-order valence-electron chi connectivity index (χ4n) is 0.624. The minimum atomic E-state index is -3.41. The standard InChI is InChI=1S/C9H21NO4S/c1-8(2)13-6-7-15(11,12)10-14-9(3,4)5/h8,10H,6-7H2,1-5H3. The van der Waals surface area contributed by atoms with E-state index >= 15 is 0 Å². The average molecular weight is 239 g/mol. The van der Waals surface area contributed by atoms with Gasteiger partial charge in [0.05, 0.1) is 24.1 Å². The number of hydrogen-bond donors (Lipinski definition) is 1. The molecule has 0 rings (SSSR count). The zero-order valence-corrected chi connectivity index (χ0v) is 10.8. The third-order valence-electron chi connectivity index (χ3n) is 1.28.